The van der Waals surface area contributed by atoms with Crippen LogP contribution in [-0.4, -0.2) is 5.78 Å². The number of halogens is 2. The Balaban J connectivity index is 1.77. The molecule has 2 atom stereocenters. The number of aryl methyl sites for hydroxylation is 1. The van der Waals surface area contributed by atoms with E-state index in [0.29, 0.717) is 11.1 Å². The van der Waals surface area contributed by atoms with Crippen molar-refractivity contribution in [1.82, 2.24) is 0 Å². The zero-order valence-electron chi connectivity index (χ0n) is 11.1. The van der Waals surface area contributed by atoms with E-state index >= 15 is 0 Å². The van der Waals surface area contributed by atoms with Gasteiger partial charge in [0.1, 0.15) is 11.6 Å². The van der Waals surface area contributed by atoms with Crippen molar-refractivity contribution in [3.05, 3.63) is 70.8 Å². The van der Waals surface area contributed by atoms with E-state index in [-0.39, 0.29) is 29.3 Å². The van der Waals surface area contributed by atoms with E-state index in [9.17, 15) is 13.6 Å². The lowest BCUT2D eigenvalue weighted by Gasteiger charge is -2.03. The fraction of sp³-hybridized carbons (Fsp3) is 0.235. The molecule has 1 aliphatic rings. The van der Waals surface area contributed by atoms with Gasteiger partial charge in [-0.25, -0.2) is 8.78 Å². The molecule has 0 aliphatic heterocycles. The van der Waals surface area contributed by atoms with Gasteiger partial charge in [-0.3, -0.25) is 4.79 Å². The van der Waals surface area contributed by atoms with Crippen molar-refractivity contribution < 1.29 is 13.6 Å². The molecule has 0 bridgehead atoms. The molecule has 0 heterocycles. The predicted octanol–water partition coefficient (Wildman–Crippen LogP) is 4.26. The maximum absolute atomic E-state index is 13.2. The fourth-order valence-electron chi connectivity index (χ4n) is 2.58. The first-order valence-corrected chi connectivity index (χ1v) is 6.62. The standard InChI is InChI=1S/C17H14F2O/c1-10-8-12(4-7-16(10)19)17(20)15-9-14(15)11-2-5-13(18)6-3-11/h2-8,14-15H,9H2,1H3. The molecule has 0 spiro atoms. The summed E-state index contributed by atoms with van der Waals surface area (Å²) < 4.78 is 26.1. The summed E-state index contributed by atoms with van der Waals surface area (Å²) in [6.07, 6.45) is 0.779. The molecule has 102 valence electrons. The Labute approximate surface area is 116 Å². The van der Waals surface area contributed by atoms with Crippen molar-refractivity contribution >= 4 is 5.78 Å². The highest BCUT2D eigenvalue weighted by molar-refractivity contribution is 6.00. The molecule has 0 aromatic heterocycles. The lowest BCUT2D eigenvalue weighted by atomic mass is 10.0. The van der Waals surface area contributed by atoms with Crippen LogP contribution in [0.4, 0.5) is 8.78 Å². The molecule has 0 amide bonds. The van der Waals surface area contributed by atoms with Gasteiger partial charge in [0.15, 0.2) is 5.78 Å². The summed E-state index contributed by atoms with van der Waals surface area (Å²) in [4.78, 5) is 12.3. The summed E-state index contributed by atoms with van der Waals surface area (Å²) in [7, 11) is 0. The molecule has 1 fully saturated rings. The number of rotatable bonds is 3. The van der Waals surface area contributed by atoms with E-state index in [4.69, 9.17) is 0 Å². The van der Waals surface area contributed by atoms with Crippen LogP contribution in [0.25, 0.3) is 0 Å². The van der Waals surface area contributed by atoms with Crippen molar-refractivity contribution in [3.63, 3.8) is 0 Å². The number of carbonyl (C=O) groups excluding carboxylic acids is 1. The minimum Gasteiger partial charge on any atom is -0.294 e. The van der Waals surface area contributed by atoms with Crippen molar-refractivity contribution in [2.45, 2.75) is 19.3 Å². The summed E-state index contributed by atoms with van der Waals surface area (Å²) in [5.41, 5.74) is 2.02. The Morgan fingerprint density at radius 1 is 1.10 bits per heavy atom. The molecular formula is C17H14F2O. The number of hydrogen-bond donors (Lipinski definition) is 0. The number of hydrogen-bond acceptors (Lipinski definition) is 1. The molecule has 2 aromatic rings. The van der Waals surface area contributed by atoms with E-state index in [1.807, 2.05) is 0 Å². The van der Waals surface area contributed by atoms with Crippen LogP contribution in [0.2, 0.25) is 0 Å². The van der Waals surface area contributed by atoms with Gasteiger partial charge in [-0.05, 0) is 60.7 Å². The van der Waals surface area contributed by atoms with E-state index in [1.54, 1.807) is 25.1 Å². The van der Waals surface area contributed by atoms with Gasteiger partial charge in [-0.15, -0.1) is 0 Å². The SMILES string of the molecule is Cc1cc(C(=O)C2CC2c2ccc(F)cc2)ccc1F. The highest BCUT2D eigenvalue weighted by Gasteiger charge is 2.43. The lowest BCUT2D eigenvalue weighted by Crippen LogP contribution is -2.04. The summed E-state index contributed by atoms with van der Waals surface area (Å²) in [6, 6.07) is 10.7. The van der Waals surface area contributed by atoms with Gasteiger partial charge >= 0.3 is 0 Å². The van der Waals surface area contributed by atoms with E-state index in [0.717, 1.165) is 12.0 Å². The molecule has 1 nitrogen and oxygen atoms in total. The van der Waals surface area contributed by atoms with Gasteiger partial charge in [0, 0.05) is 11.5 Å². The average molecular weight is 272 g/mol. The van der Waals surface area contributed by atoms with Crippen molar-refractivity contribution in [2.75, 3.05) is 0 Å². The normalized spacial score (nSPS) is 20.8. The lowest BCUT2D eigenvalue weighted by molar-refractivity contribution is 0.0965. The Kier molecular flexibility index (Phi) is 3.13. The van der Waals surface area contributed by atoms with Crippen molar-refractivity contribution in [3.8, 4) is 0 Å². The molecule has 1 saturated carbocycles. The number of ketones is 1. The van der Waals surface area contributed by atoms with Crippen LogP contribution in [-0.2, 0) is 0 Å². The van der Waals surface area contributed by atoms with Crippen molar-refractivity contribution in [2.24, 2.45) is 5.92 Å². The summed E-state index contributed by atoms with van der Waals surface area (Å²) in [5, 5.41) is 0. The second-order valence-corrected chi connectivity index (χ2v) is 5.33. The van der Waals surface area contributed by atoms with E-state index < -0.39 is 0 Å². The molecule has 0 N–H and O–H groups in total. The molecule has 20 heavy (non-hydrogen) atoms. The monoisotopic (exact) mass is 272 g/mol. The van der Waals surface area contributed by atoms with Crippen LogP contribution in [0.5, 0.6) is 0 Å². The molecule has 3 rings (SSSR count). The summed E-state index contributed by atoms with van der Waals surface area (Å²) in [6.45, 7) is 1.65. The zero-order valence-corrected chi connectivity index (χ0v) is 11.1. The second kappa shape index (κ2) is 4.82. The number of benzene rings is 2. The largest absolute Gasteiger partial charge is 0.294 e. The van der Waals surface area contributed by atoms with Gasteiger partial charge in [0.2, 0.25) is 0 Å². The summed E-state index contributed by atoms with van der Waals surface area (Å²) >= 11 is 0. The van der Waals surface area contributed by atoms with Gasteiger partial charge in [0.25, 0.3) is 0 Å². The molecule has 3 heteroatoms. The third kappa shape index (κ3) is 2.36. The highest BCUT2D eigenvalue weighted by atomic mass is 19.1. The van der Waals surface area contributed by atoms with Crippen LogP contribution >= 0.6 is 0 Å². The van der Waals surface area contributed by atoms with Gasteiger partial charge in [0.05, 0.1) is 0 Å². The third-order valence-electron chi connectivity index (χ3n) is 3.87. The highest BCUT2D eigenvalue weighted by Crippen LogP contribution is 2.49. The molecule has 0 radical (unpaired) electrons. The molecule has 1 aliphatic carbocycles. The first-order chi connectivity index (χ1) is 9.56. The van der Waals surface area contributed by atoms with Crippen LogP contribution in [0.15, 0.2) is 42.5 Å². The quantitative estimate of drug-likeness (QED) is 0.763. The van der Waals surface area contributed by atoms with Crippen molar-refractivity contribution in [1.29, 1.82) is 0 Å². The van der Waals surface area contributed by atoms with Crippen LogP contribution < -0.4 is 0 Å². The topological polar surface area (TPSA) is 17.1 Å². The average Bonchev–Trinajstić information content (AvgIpc) is 3.22. The third-order valence-corrected chi connectivity index (χ3v) is 3.87. The Hall–Kier alpha value is -2.03. The molecular weight excluding hydrogens is 258 g/mol. The Bertz CT molecular complexity index is 661. The zero-order chi connectivity index (χ0) is 14.3. The van der Waals surface area contributed by atoms with E-state index in [2.05, 4.69) is 0 Å². The van der Waals surface area contributed by atoms with Crippen LogP contribution in [0.3, 0.4) is 0 Å². The van der Waals surface area contributed by atoms with Gasteiger partial charge in [-0.1, -0.05) is 12.1 Å². The number of carbonyl (C=O) groups is 1. The predicted molar refractivity (Wildman–Crippen MR) is 72.7 cm³/mol. The maximum atomic E-state index is 13.2. The van der Waals surface area contributed by atoms with Gasteiger partial charge < -0.3 is 0 Å². The first kappa shape index (κ1) is 13.0. The molecule has 2 aromatic carbocycles. The Morgan fingerprint density at radius 3 is 2.45 bits per heavy atom. The van der Waals surface area contributed by atoms with Crippen LogP contribution in [0, 0.1) is 24.5 Å². The minimum atomic E-state index is -0.299. The maximum Gasteiger partial charge on any atom is 0.166 e. The molecule has 2 unspecified atom stereocenters. The fourth-order valence-corrected chi connectivity index (χ4v) is 2.58. The van der Waals surface area contributed by atoms with Crippen LogP contribution in [0.1, 0.15) is 33.8 Å². The summed E-state index contributed by atoms with van der Waals surface area (Å²) in [5.74, 6) is -0.430. The number of Topliss-reactive ketones (excluding diaryl/α,β-unsaturated/α-hetero) is 1. The second-order valence-electron chi connectivity index (χ2n) is 5.33. The van der Waals surface area contributed by atoms with E-state index in [1.165, 1.54) is 24.3 Å². The van der Waals surface area contributed by atoms with Gasteiger partial charge in [-0.2, -0.15) is 0 Å². The Morgan fingerprint density at radius 2 is 1.80 bits per heavy atom. The molecule has 0 saturated heterocycles. The first-order valence-electron chi connectivity index (χ1n) is 6.62. The minimum absolute atomic E-state index is 0.0439. The smallest absolute Gasteiger partial charge is 0.166 e.